The number of alkyl halides is 6. The molecule has 3 heterocycles. The lowest BCUT2D eigenvalue weighted by atomic mass is 9.94. The number of hydrogen-bond acceptors (Lipinski definition) is 10. The minimum absolute atomic E-state index is 0.291. The lowest BCUT2D eigenvalue weighted by Gasteiger charge is -2.23. The van der Waals surface area contributed by atoms with E-state index in [0.29, 0.717) is 56.7 Å². The molecular weight excluding hydrogens is 668 g/mol. The smallest absolute Gasteiger partial charge is 0.490 e. The van der Waals surface area contributed by atoms with Crippen LogP contribution >= 0.6 is 11.6 Å². The van der Waals surface area contributed by atoms with Crippen LogP contribution in [0.4, 0.5) is 32.2 Å². The van der Waals surface area contributed by atoms with Crippen molar-refractivity contribution in [3.05, 3.63) is 58.9 Å². The number of nitrogens with one attached hydrogen (secondary N) is 2. The van der Waals surface area contributed by atoms with Crippen LogP contribution < -0.4 is 10.1 Å². The maximum absolute atomic E-state index is 10.6. The first-order valence-corrected chi connectivity index (χ1v) is 13.3. The maximum atomic E-state index is 10.6. The molecule has 2 atom stereocenters. The highest BCUT2D eigenvalue weighted by molar-refractivity contribution is 6.32. The second-order valence-electron chi connectivity index (χ2n) is 9.01. The van der Waals surface area contributed by atoms with E-state index in [-0.39, 0.29) is 6.04 Å². The van der Waals surface area contributed by atoms with E-state index < -0.39 is 30.4 Å². The molecule has 4 aromatic rings. The fourth-order valence-electron chi connectivity index (χ4n) is 3.61. The first kappa shape index (κ1) is 38.0. The maximum Gasteiger partial charge on any atom is 0.490 e. The number of benzene rings is 1. The monoisotopic (exact) mass is 691 g/mol. The average molecular weight is 692 g/mol. The van der Waals surface area contributed by atoms with Gasteiger partial charge in [0.25, 0.3) is 0 Å². The van der Waals surface area contributed by atoms with Crippen LogP contribution in [-0.4, -0.2) is 71.1 Å². The summed E-state index contributed by atoms with van der Waals surface area (Å²) < 4.78 is 69.5. The topological polar surface area (TPSA) is 207 Å². The van der Waals surface area contributed by atoms with Crippen molar-refractivity contribution in [2.45, 2.75) is 45.3 Å². The van der Waals surface area contributed by atoms with E-state index in [1.807, 2.05) is 13.8 Å². The third-order valence-electron chi connectivity index (χ3n) is 5.69. The number of aliphatic carboxylic acids is 2. The Morgan fingerprint density at radius 2 is 1.66 bits per heavy atom. The number of rotatable bonds is 7. The molecule has 0 aliphatic carbocycles. The standard InChI is InChI=1S/C23H22ClN7O2.2C2HF3O2/c1-4-33-21-15(12(2)31-23-20-22(28-10-27-20)29-11-30-23)7-17(24)16(8-25)19(21)14-5-6-18(13(3)32)26-9-14;2*3-2(4,5)1(6)7/h5-7,9-13,32H,4H2,1-3H3,(H2,27,28,29,30,31);2*(H,6,7). The summed E-state index contributed by atoms with van der Waals surface area (Å²) >= 11 is 6.55. The number of carboxylic acids is 2. The van der Waals surface area contributed by atoms with E-state index in [9.17, 15) is 36.7 Å². The number of anilines is 1. The zero-order chi connectivity index (χ0) is 35.7. The van der Waals surface area contributed by atoms with E-state index in [1.54, 1.807) is 37.6 Å². The summed E-state index contributed by atoms with van der Waals surface area (Å²) in [7, 11) is 0. The molecule has 5 N–H and O–H groups in total. The minimum atomic E-state index is -5.08. The van der Waals surface area contributed by atoms with Gasteiger partial charge < -0.3 is 30.4 Å². The Kier molecular flexibility index (Phi) is 12.8. The Balaban J connectivity index is 0.000000459. The van der Waals surface area contributed by atoms with E-state index in [2.05, 4.69) is 36.3 Å². The van der Waals surface area contributed by atoms with E-state index in [0.717, 1.165) is 5.56 Å². The average Bonchev–Trinajstić information content (AvgIpc) is 3.47. The van der Waals surface area contributed by atoms with Gasteiger partial charge in [0.15, 0.2) is 11.5 Å². The highest BCUT2D eigenvalue weighted by atomic mass is 35.5. The van der Waals surface area contributed by atoms with Gasteiger partial charge in [0.1, 0.15) is 23.7 Å². The lowest BCUT2D eigenvalue weighted by Crippen LogP contribution is -2.21. The third kappa shape index (κ3) is 10.1. The second kappa shape index (κ2) is 15.9. The zero-order valence-electron chi connectivity index (χ0n) is 24.3. The molecule has 47 heavy (non-hydrogen) atoms. The van der Waals surface area contributed by atoms with Crippen molar-refractivity contribution in [1.29, 1.82) is 5.26 Å². The fraction of sp³-hybridized carbons (Fsp3) is 0.296. The van der Waals surface area contributed by atoms with Gasteiger partial charge in [-0.25, -0.2) is 24.5 Å². The predicted octanol–water partition coefficient (Wildman–Crippen LogP) is 5.83. The molecule has 0 amide bonds. The molecule has 0 saturated carbocycles. The van der Waals surface area contributed by atoms with Gasteiger partial charge in [-0.15, -0.1) is 0 Å². The molecule has 1 aromatic carbocycles. The summed E-state index contributed by atoms with van der Waals surface area (Å²) in [5.74, 6) is -4.43. The summed E-state index contributed by atoms with van der Waals surface area (Å²) in [6.07, 6.45) is -6.25. The number of nitrogens with zero attached hydrogens (tertiary/aromatic N) is 5. The van der Waals surface area contributed by atoms with E-state index >= 15 is 0 Å². The van der Waals surface area contributed by atoms with Crippen molar-refractivity contribution in [2.75, 3.05) is 11.9 Å². The Morgan fingerprint density at radius 1 is 1.06 bits per heavy atom. The number of aromatic amines is 1. The molecule has 0 radical (unpaired) electrons. The molecule has 0 aliphatic heterocycles. The largest absolute Gasteiger partial charge is 0.493 e. The van der Waals surface area contributed by atoms with Crippen molar-refractivity contribution in [2.24, 2.45) is 0 Å². The van der Waals surface area contributed by atoms with E-state index in [1.165, 1.54) is 6.33 Å². The fourth-order valence-corrected chi connectivity index (χ4v) is 3.87. The Hall–Kier alpha value is -5.22. The van der Waals surface area contributed by atoms with Gasteiger partial charge in [-0.05, 0) is 32.9 Å². The Labute approximate surface area is 265 Å². The minimum Gasteiger partial charge on any atom is -0.493 e. The quantitative estimate of drug-likeness (QED) is 0.145. The van der Waals surface area contributed by atoms with Crippen molar-refractivity contribution >= 4 is 40.5 Å². The first-order chi connectivity index (χ1) is 21.8. The summed E-state index contributed by atoms with van der Waals surface area (Å²) in [6, 6.07) is 7.14. The molecule has 0 spiro atoms. The summed E-state index contributed by atoms with van der Waals surface area (Å²) in [4.78, 5) is 37.8. The number of ether oxygens (including phenoxy) is 1. The number of pyridine rings is 1. The summed E-state index contributed by atoms with van der Waals surface area (Å²) in [6.45, 7) is 5.84. The van der Waals surface area contributed by atoms with Crippen LogP contribution in [0.5, 0.6) is 5.75 Å². The number of aliphatic hydroxyl groups is 1. The van der Waals surface area contributed by atoms with Crippen LogP contribution in [-0.2, 0) is 9.59 Å². The van der Waals surface area contributed by atoms with Gasteiger partial charge in [-0.2, -0.15) is 31.6 Å². The lowest BCUT2D eigenvalue weighted by molar-refractivity contribution is -0.193. The number of H-pyrrole nitrogens is 1. The molecule has 252 valence electrons. The SMILES string of the molecule is CCOc1c(C(C)Nc2ncnc3[nH]cnc23)cc(Cl)c(C#N)c1-c1ccc(C(C)O)nc1.O=C(O)C(F)(F)F.O=C(O)C(F)(F)F. The number of carboxylic acid groups (broad SMARTS) is 2. The molecule has 2 unspecified atom stereocenters. The van der Waals surface area contributed by atoms with Crippen molar-refractivity contribution in [3.63, 3.8) is 0 Å². The number of imidazole rings is 1. The van der Waals surface area contributed by atoms with Crippen LogP contribution in [0, 0.1) is 11.3 Å². The number of nitriles is 1. The van der Waals surface area contributed by atoms with Crippen molar-refractivity contribution in [1.82, 2.24) is 24.9 Å². The molecule has 0 fully saturated rings. The van der Waals surface area contributed by atoms with Gasteiger partial charge in [0, 0.05) is 22.9 Å². The highest BCUT2D eigenvalue weighted by Gasteiger charge is 2.39. The van der Waals surface area contributed by atoms with Crippen molar-refractivity contribution in [3.8, 4) is 22.9 Å². The van der Waals surface area contributed by atoms with Crippen LogP contribution in [0.2, 0.25) is 5.02 Å². The van der Waals surface area contributed by atoms with Crippen LogP contribution in [0.1, 0.15) is 49.7 Å². The number of carbonyl (C=O) groups is 2. The molecule has 0 aliphatic rings. The van der Waals surface area contributed by atoms with Crippen LogP contribution in [0.3, 0.4) is 0 Å². The predicted molar refractivity (Wildman–Crippen MR) is 152 cm³/mol. The van der Waals surface area contributed by atoms with Crippen LogP contribution in [0.25, 0.3) is 22.3 Å². The number of aliphatic hydroxyl groups excluding tert-OH is 1. The van der Waals surface area contributed by atoms with E-state index in [4.69, 9.17) is 36.1 Å². The normalized spacial score (nSPS) is 12.4. The number of fused-ring (bicyclic) bond motifs is 1. The molecule has 0 bridgehead atoms. The third-order valence-corrected chi connectivity index (χ3v) is 5.98. The zero-order valence-corrected chi connectivity index (χ0v) is 25.0. The second-order valence-corrected chi connectivity index (χ2v) is 9.42. The first-order valence-electron chi connectivity index (χ1n) is 12.9. The van der Waals surface area contributed by atoms with Crippen LogP contribution in [0.15, 0.2) is 37.1 Å². The van der Waals surface area contributed by atoms with Gasteiger partial charge in [-0.3, -0.25) is 4.98 Å². The van der Waals surface area contributed by atoms with Crippen molar-refractivity contribution < 1.29 is 56.0 Å². The van der Waals surface area contributed by atoms with Gasteiger partial charge >= 0.3 is 24.3 Å². The summed E-state index contributed by atoms with van der Waals surface area (Å²) in [5, 5.41) is 37.6. The highest BCUT2D eigenvalue weighted by Crippen LogP contribution is 2.43. The molecule has 4 rings (SSSR count). The molecule has 3 aromatic heterocycles. The Morgan fingerprint density at radius 3 is 2.13 bits per heavy atom. The molecule has 13 nitrogen and oxygen atoms in total. The molecule has 20 heteroatoms. The summed E-state index contributed by atoms with van der Waals surface area (Å²) in [5.41, 5.74) is 4.00. The number of aromatic nitrogens is 5. The van der Waals surface area contributed by atoms with Gasteiger partial charge in [0.2, 0.25) is 0 Å². The Bertz CT molecular complexity index is 1720. The number of halogens is 7. The number of hydrogen-bond donors (Lipinski definition) is 5. The van der Waals surface area contributed by atoms with Gasteiger partial charge in [-0.1, -0.05) is 17.7 Å². The molecular formula is C27H24ClF6N7O6. The van der Waals surface area contributed by atoms with Gasteiger partial charge in [0.05, 0.1) is 41.4 Å². The molecule has 0 saturated heterocycles.